The summed E-state index contributed by atoms with van der Waals surface area (Å²) in [7, 11) is 1.28. The maximum Gasteiger partial charge on any atom is 0.387 e. The molecule has 1 aromatic rings. The molecule has 0 bridgehead atoms. The largest absolute Gasteiger partial charge is 0.435 e. The van der Waals surface area contributed by atoms with E-state index in [1.54, 1.807) is 0 Å². The Hall–Kier alpha value is -1.53. The summed E-state index contributed by atoms with van der Waals surface area (Å²) in [4.78, 5) is 11.5. The first-order valence-electron chi connectivity index (χ1n) is 4.42. The zero-order chi connectivity index (χ0) is 12.1. The van der Waals surface area contributed by atoms with Gasteiger partial charge >= 0.3 is 6.61 Å². The summed E-state index contributed by atoms with van der Waals surface area (Å²) in [5.41, 5.74) is 5.50. The number of nitrogens with two attached hydrogens (primary N) is 1. The van der Waals surface area contributed by atoms with Gasteiger partial charge in [-0.05, 0) is 12.1 Å². The molecule has 1 unspecified atom stereocenters. The molecule has 1 aromatic carbocycles. The molecule has 16 heavy (non-hydrogen) atoms. The standard InChI is InChI=1S/C10H11F2NO3/c1-15-9(13)8(14)6-3-2-4-7(5-6)16-10(11)12/h2-5,9-10H,13H2,1H3. The van der Waals surface area contributed by atoms with Crippen LogP contribution in [0.5, 0.6) is 5.75 Å². The summed E-state index contributed by atoms with van der Waals surface area (Å²) in [5, 5.41) is 0. The molecular formula is C10H11F2NO3. The van der Waals surface area contributed by atoms with Crippen LogP contribution in [0.4, 0.5) is 8.78 Å². The third-order valence-electron chi connectivity index (χ3n) is 1.86. The molecule has 0 aromatic heterocycles. The molecule has 0 saturated heterocycles. The van der Waals surface area contributed by atoms with Crippen LogP contribution in [-0.4, -0.2) is 25.7 Å². The van der Waals surface area contributed by atoms with Gasteiger partial charge in [-0.25, -0.2) is 0 Å². The zero-order valence-corrected chi connectivity index (χ0v) is 8.52. The number of rotatable bonds is 5. The van der Waals surface area contributed by atoms with E-state index in [0.29, 0.717) is 0 Å². The van der Waals surface area contributed by atoms with Crippen LogP contribution >= 0.6 is 0 Å². The monoisotopic (exact) mass is 231 g/mol. The van der Waals surface area contributed by atoms with E-state index < -0.39 is 18.6 Å². The highest BCUT2D eigenvalue weighted by atomic mass is 19.3. The van der Waals surface area contributed by atoms with E-state index >= 15 is 0 Å². The predicted octanol–water partition coefficient (Wildman–Crippen LogP) is 1.40. The van der Waals surface area contributed by atoms with Crippen molar-refractivity contribution in [2.24, 2.45) is 5.73 Å². The number of ether oxygens (including phenoxy) is 2. The van der Waals surface area contributed by atoms with Gasteiger partial charge in [0.05, 0.1) is 0 Å². The molecule has 4 nitrogen and oxygen atoms in total. The van der Waals surface area contributed by atoms with Crippen molar-refractivity contribution >= 4 is 5.78 Å². The summed E-state index contributed by atoms with van der Waals surface area (Å²) in [5.74, 6) is -0.591. The lowest BCUT2D eigenvalue weighted by Crippen LogP contribution is -2.32. The molecule has 1 atom stereocenters. The normalized spacial score (nSPS) is 12.6. The molecule has 1 rings (SSSR count). The molecule has 0 aliphatic carbocycles. The minimum atomic E-state index is -2.93. The number of alkyl halides is 2. The SMILES string of the molecule is COC(N)C(=O)c1cccc(OC(F)F)c1. The number of Topliss-reactive ketones (excluding diaryl/α,β-unsaturated/α-hetero) is 1. The van der Waals surface area contributed by atoms with Crippen molar-refractivity contribution in [2.45, 2.75) is 12.8 Å². The van der Waals surface area contributed by atoms with Gasteiger partial charge in [0.2, 0.25) is 5.78 Å². The number of carbonyl (C=O) groups excluding carboxylic acids is 1. The van der Waals surface area contributed by atoms with E-state index in [9.17, 15) is 13.6 Å². The van der Waals surface area contributed by atoms with E-state index in [0.717, 1.165) is 0 Å². The van der Waals surface area contributed by atoms with Gasteiger partial charge in [0, 0.05) is 12.7 Å². The average molecular weight is 231 g/mol. The highest BCUT2D eigenvalue weighted by molar-refractivity contribution is 5.99. The van der Waals surface area contributed by atoms with Gasteiger partial charge < -0.3 is 9.47 Å². The van der Waals surface area contributed by atoms with Crippen molar-refractivity contribution in [1.29, 1.82) is 0 Å². The van der Waals surface area contributed by atoms with Crippen molar-refractivity contribution < 1.29 is 23.0 Å². The van der Waals surface area contributed by atoms with Crippen molar-refractivity contribution in [3.8, 4) is 5.75 Å². The maximum absolute atomic E-state index is 11.9. The minimum Gasteiger partial charge on any atom is -0.435 e. The van der Waals surface area contributed by atoms with Gasteiger partial charge in [0.15, 0.2) is 6.23 Å². The van der Waals surface area contributed by atoms with Gasteiger partial charge in [0.25, 0.3) is 0 Å². The van der Waals surface area contributed by atoms with Crippen molar-refractivity contribution in [3.63, 3.8) is 0 Å². The molecule has 6 heteroatoms. The summed E-state index contributed by atoms with van der Waals surface area (Å²) >= 11 is 0. The van der Waals surface area contributed by atoms with Crippen molar-refractivity contribution in [3.05, 3.63) is 29.8 Å². The predicted molar refractivity (Wildman–Crippen MR) is 52.4 cm³/mol. The Kier molecular flexibility index (Phi) is 4.33. The first-order valence-corrected chi connectivity index (χ1v) is 4.42. The van der Waals surface area contributed by atoms with Crippen LogP contribution in [0.3, 0.4) is 0 Å². The van der Waals surface area contributed by atoms with Crippen LogP contribution in [0.1, 0.15) is 10.4 Å². The molecular weight excluding hydrogens is 220 g/mol. The summed E-state index contributed by atoms with van der Waals surface area (Å²) in [6.07, 6.45) is -1.11. The number of ketones is 1. The van der Waals surface area contributed by atoms with Crippen LogP contribution in [0, 0.1) is 0 Å². The van der Waals surface area contributed by atoms with E-state index in [4.69, 9.17) is 5.73 Å². The lowest BCUT2D eigenvalue weighted by atomic mass is 10.1. The molecule has 2 N–H and O–H groups in total. The molecule has 88 valence electrons. The molecule has 0 radical (unpaired) electrons. The summed E-state index contributed by atoms with van der Waals surface area (Å²) in [6, 6.07) is 5.38. The molecule has 0 amide bonds. The third-order valence-corrected chi connectivity index (χ3v) is 1.86. The smallest absolute Gasteiger partial charge is 0.387 e. The quantitative estimate of drug-likeness (QED) is 0.614. The lowest BCUT2D eigenvalue weighted by Gasteiger charge is -2.09. The van der Waals surface area contributed by atoms with Gasteiger partial charge in [-0.3, -0.25) is 10.5 Å². The Morgan fingerprint density at radius 3 is 2.69 bits per heavy atom. The van der Waals surface area contributed by atoms with E-state index in [1.165, 1.54) is 31.4 Å². The Morgan fingerprint density at radius 2 is 2.12 bits per heavy atom. The molecule has 0 aliphatic heterocycles. The highest BCUT2D eigenvalue weighted by Crippen LogP contribution is 2.16. The van der Waals surface area contributed by atoms with Gasteiger partial charge in [-0.1, -0.05) is 12.1 Å². The van der Waals surface area contributed by atoms with Crippen LogP contribution in [0.15, 0.2) is 24.3 Å². The van der Waals surface area contributed by atoms with Crippen LogP contribution in [-0.2, 0) is 4.74 Å². The number of hydrogen-bond donors (Lipinski definition) is 1. The number of hydrogen-bond acceptors (Lipinski definition) is 4. The lowest BCUT2D eigenvalue weighted by molar-refractivity contribution is -0.0498. The van der Waals surface area contributed by atoms with Crippen LogP contribution in [0.25, 0.3) is 0 Å². The van der Waals surface area contributed by atoms with Gasteiger partial charge in [-0.2, -0.15) is 8.78 Å². The van der Waals surface area contributed by atoms with Crippen LogP contribution < -0.4 is 10.5 Å². The summed E-state index contributed by atoms with van der Waals surface area (Å²) in [6.45, 7) is -2.93. The Balaban J connectivity index is 2.85. The van der Waals surface area contributed by atoms with Gasteiger partial charge in [0.1, 0.15) is 5.75 Å². The minimum absolute atomic E-state index is 0.0934. The summed E-state index contributed by atoms with van der Waals surface area (Å²) < 4.78 is 32.6. The van der Waals surface area contributed by atoms with E-state index in [-0.39, 0.29) is 11.3 Å². The first-order chi connectivity index (χ1) is 7.54. The average Bonchev–Trinajstić information content (AvgIpc) is 2.26. The fourth-order valence-corrected chi connectivity index (χ4v) is 1.10. The fourth-order valence-electron chi connectivity index (χ4n) is 1.10. The van der Waals surface area contributed by atoms with Gasteiger partial charge in [-0.15, -0.1) is 0 Å². The fraction of sp³-hybridized carbons (Fsp3) is 0.300. The van der Waals surface area contributed by atoms with Crippen LogP contribution in [0.2, 0.25) is 0 Å². The molecule has 0 aliphatic rings. The highest BCUT2D eigenvalue weighted by Gasteiger charge is 2.15. The maximum atomic E-state index is 11.9. The second kappa shape index (κ2) is 5.53. The Bertz CT molecular complexity index is 371. The Morgan fingerprint density at radius 1 is 1.44 bits per heavy atom. The molecule has 0 heterocycles. The number of halogens is 2. The first kappa shape index (κ1) is 12.5. The Labute approximate surface area is 91.0 Å². The van der Waals surface area contributed by atoms with Crippen molar-refractivity contribution in [2.75, 3.05) is 7.11 Å². The molecule has 0 saturated carbocycles. The second-order valence-corrected chi connectivity index (χ2v) is 2.93. The van der Waals surface area contributed by atoms with E-state index in [1.807, 2.05) is 0 Å². The molecule has 0 spiro atoms. The van der Waals surface area contributed by atoms with Crippen molar-refractivity contribution in [1.82, 2.24) is 0 Å². The molecule has 0 fully saturated rings. The number of carbonyl (C=O) groups is 1. The zero-order valence-electron chi connectivity index (χ0n) is 8.52. The van der Waals surface area contributed by atoms with E-state index in [2.05, 4.69) is 9.47 Å². The topological polar surface area (TPSA) is 61.5 Å². The second-order valence-electron chi connectivity index (χ2n) is 2.93. The number of methoxy groups -OCH3 is 1. The number of benzene rings is 1. The third kappa shape index (κ3) is 3.25.